The first-order chi connectivity index (χ1) is 24.8. The Morgan fingerprint density at radius 1 is 1.04 bits per heavy atom. The number of fused-ring (bicyclic) bond motifs is 1. The van der Waals surface area contributed by atoms with Gasteiger partial charge in [-0.1, -0.05) is 65.0 Å². The standard InChI is InChI=1S/C40H54N8O4/c1-26(2)38(43)48-25-30(13-16-36(48)42)52-34-15-14-33(31-11-6-7-12-32(31)34)45-39(50)46-37(24-35(41)40(3,4)5)44-27-9-8-10-29(23-27)51-22-21-47-19-17-28(49)18-20-47/h6-13,16,23-26,28,33-34,42-43,49H,14-15,17-22,41H2,1-5H3,(H2,44,45,46,50)/b35-24-,42-36?,43-38?/t33-,34+/m0/s1. The van der Waals surface area contributed by atoms with E-state index in [2.05, 4.69) is 15.5 Å². The quantitative estimate of drug-likeness (QED) is 0.109. The van der Waals surface area contributed by atoms with E-state index < -0.39 is 6.03 Å². The first-order valence-electron chi connectivity index (χ1n) is 18.2. The largest absolute Gasteiger partial charge is 0.492 e. The molecule has 2 heterocycles. The highest BCUT2D eigenvalue weighted by atomic mass is 16.5. The van der Waals surface area contributed by atoms with E-state index >= 15 is 0 Å². The number of hydrogen-bond donors (Lipinski definition) is 6. The second-order valence-corrected chi connectivity index (χ2v) is 14.9. The summed E-state index contributed by atoms with van der Waals surface area (Å²) < 4.78 is 14.0. The monoisotopic (exact) mass is 710 g/mol. The van der Waals surface area contributed by atoms with E-state index in [1.54, 1.807) is 24.4 Å². The molecule has 1 saturated heterocycles. The number of nitrogens with two attached hydrogens (primary N) is 1. The summed E-state index contributed by atoms with van der Waals surface area (Å²) in [5.74, 6) is 1.84. The number of allylic oxidation sites excluding steroid dienone is 1. The van der Waals surface area contributed by atoms with Gasteiger partial charge in [0.05, 0.1) is 24.0 Å². The van der Waals surface area contributed by atoms with Crippen LogP contribution in [0.1, 0.15) is 83.6 Å². The molecule has 2 aliphatic rings. The molecule has 52 heavy (non-hydrogen) atoms. The van der Waals surface area contributed by atoms with Crippen molar-refractivity contribution in [3.8, 4) is 11.5 Å². The number of ether oxygens (including phenoxy) is 2. The summed E-state index contributed by atoms with van der Waals surface area (Å²) in [5, 5.41) is 32.5. The molecular weight excluding hydrogens is 656 g/mol. The van der Waals surface area contributed by atoms with E-state index in [0.717, 1.165) is 43.6 Å². The summed E-state index contributed by atoms with van der Waals surface area (Å²) in [6.07, 6.45) is 5.80. The zero-order valence-electron chi connectivity index (χ0n) is 31.0. The molecule has 7 N–H and O–H groups in total. The van der Waals surface area contributed by atoms with Crippen molar-refractivity contribution in [1.82, 2.24) is 20.1 Å². The molecule has 0 bridgehead atoms. The number of aliphatic hydroxyl groups excluding tert-OH is 1. The van der Waals surface area contributed by atoms with Gasteiger partial charge >= 0.3 is 6.03 Å². The van der Waals surface area contributed by atoms with E-state index in [0.29, 0.717) is 54.0 Å². The highest BCUT2D eigenvalue weighted by molar-refractivity contribution is 6.05. The maximum absolute atomic E-state index is 13.6. The topological polar surface area (TPSA) is 174 Å². The summed E-state index contributed by atoms with van der Waals surface area (Å²) in [5.41, 5.74) is 9.44. The van der Waals surface area contributed by atoms with Gasteiger partial charge in [0.1, 0.15) is 41.4 Å². The lowest BCUT2D eigenvalue weighted by atomic mass is 9.85. The van der Waals surface area contributed by atoms with Gasteiger partial charge in [0.15, 0.2) is 0 Å². The molecule has 1 aliphatic carbocycles. The summed E-state index contributed by atoms with van der Waals surface area (Å²) in [6, 6.07) is 18.1. The smallest absolute Gasteiger partial charge is 0.320 e. The predicted molar refractivity (Wildman–Crippen MR) is 204 cm³/mol. The molecule has 3 aromatic rings. The number of amides is 2. The molecule has 2 amide bonds. The third-order valence-corrected chi connectivity index (χ3v) is 9.45. The number of pyridine rings is 1. The van der Waals surface area contributed by atoms with Crippen molar-refractivity contribution in [3.63, 3.8) is 0 Å². The van der Waals surface area contributed by atoms with Gasteiger partial charge in [-0.15, -0.1) is 0 Å². The van der Waals surface area contributed by atoms with Gasteiger partial charge < -0.3 is 25.6 Å². The molecule has 278 valence electrons. The summed E-state index contributed by atoms with van der Waals surface area (Å²) in [7, 11) is 0. The zero-order valence-corrected chi connectivity index (χ0v) is 31.0. The van der Waals surface area contributed by atoms with Gasteiger partial charge in [-0.05, 0) is 61.1 Å². The third-order valence-electron chi connectivity index (χ3n) is 9.45. The molecule has 1 aliphatic heterocycles. The van der Waals surface area contributed by atoms with Gasteiger partial charge in [0.25, 0.3) is 0 Å². The zero-order chi connectivity index (χ0) is 37.4. The lowest BCUT2D eigenvalue weighted by Crippen LogP contribution is -2.42. The number of benzene rings is 2. The van der Waals surface area contributed by atoms with Crippen LogP contribution in [0.4, 0.5) is 10.5 Å². The Bertz CT molecular complexity index is 1840. The first-order valence-corrected chi connectivity index (χ1v) is 18.2. The van der Waals surface area contributed by atoms with E-state index in [1.165, 1.54) is 4.57 Å². The maximum Gasteiger partial charge on any atom is 0.320 e. The number of likely N-dealkylation sites (tertiary alicyclic amines) is 1. The molecule has 0 radical (unpaired) electrons. The molecule has 1 fully saturated rings. The molecule has 2 atom stereocenters. The molecule has 2 aromatic carbocycles. The molecule has 0 saturated carbocycles. The molecule has 0 unspecified atom stereocenters. The van der Waals surface area contributed by atoms with Gasteiger partial charge in [-0.25, -0.2) is 9.79 Å². The van der Waals surface area contributed by atoms with E-state index in [9.17, 15) is 9.90 Å². The van der Waals surface area contributed by atoms with Crippen molar-refractivity contribution < 1.29 is 19.4 Å². The van der Waals surface area contributed by atoms with Crippen molar-refractivity contribution in [3.05, 3.63) is 95.2 Å². The fourth-order valence-electron chi connectivity index (χ4n) is 6.20. The van der Waals surface area contributed by atoms with Crippen LogP contribution in [0.3, 0.4) is 0 Å². The predicted octanol–water partition coefficient (Wildman–Crippen LogP) is 6.16. The lowest BCUT2D eigenvalue weighted by molar-refractivity contribution is 0.0755. The molecule has 1 aromatic heterocycles. The number of rotatable bonds is 10. The van der Waals surface area contributed by atoms with E-state index in [1.807, 2.05) is 83.1 Å². The summed E-state index contributed by atoms with van der Waals surface area (Å²) in [4.78, 5) is 20.7. The molecule has 0 spiro atoms. The Balaban J connectivity index is 1.28. The molecule has 12 nitrogen and oxygen atoms in total. The molecule has 12 heteroatoms. The highest BCUT2D eigenvalue weighted by Gasteiger charge is 2.30. The van der Waals surface area contributed by atoms with Crippen molar-refractivity contribution in [1.29, 1.82) is 10.8 Å². The number of carbonyl (C=O) groups is 1. The van der Waals surface area contributed by atoms with Crippen LogP contribution in [0.5, 0.6) is 11.5 Å². The van der Waals surface area contributed by atoms with Crippen LogP contribution in [0, 0.1) is 22.2 Å². The Morgan fingerprint density at radius 3 is 2.48 bits per heavy atom. The van der Waals surface area contributed by atoms with Crippen LogP contribution >= 0.6 is 0 Å². The normalized spacial score (nSPS) is 18.8. The minimum absolute atomic E-state index is 0.0418. The number of nitrogens with one attached hydrogen (secondary N) is 4. The van der Waals surface area contributed by atoms with Gasteiger partial charge in [0, 0.05) is 48.8 Å². The molecular formula is C40H54N8O4. The van der Waals surface area contributed by atoms with Crippen LogP contribution in [0.25, 0.3) is 0 Å². The van der Waals surface area contributed by atoms with Gasteiger partial charge in [0.2, 0.25) is 0 Å². The van der Waals surface area contributed by atoms with Crippen LogP contribution in [-0.2, 0) is 0 Å². The molecule has 5 rings (SSSR count). The lowest BCUT2D eigenvalue weighted by Gasteiger charge is -2.32. The average molecular weight is 711 g/mol. The average Bonchev–Trinajstić information content (AvgIpc) is 3.10. The number of urea groups is 1. The van der Waals surface area contributed by atoms with E-state index in [-0.39, 0.29) is 35.1 Å². The number of hydrogen-bond acceptors (Lipinski definition) is 9. The Labute approximate surface area is 306 Å². The van der Waals surface area contributed by atoms with Crippen LogP contribution < -0.4 is 31.3 Å². The van der Waals surface area contributed by atoms with E-state index in [4.69, 9.17) is 31.0 Å². The van der Waals surface area contributed by atoms with Crippen LogP contribution in [0.2, 0.25) is 0 Å². The minimum Gasteiger partial charge on any atom is -0.492 e. The van der Waals surface area contributed by atoms with Gasteiger partial charge in [-0.2, -0.15) is 0 Å². The van der Waals surface area contributed by atoms with Crippen molar-refractivity contribution in [2.45, 2.75) is 78.6 Å². The number of aliphatic hydroxyl groups is 1. The van der Waals surface area contributed by atoms with Crippen molar-refractivity contribution in [2.75, 3.05) is 26.2 Å². The fraction of sp³-hybridized carbons (Fsp3) is 0.450. The Hall–Kier alpha value is -4.94. The number of carbonyl (C=O) groups excluding carboxylic acids is 1. The summed E-state index contributed by atoms with van der Waals surface area (Å²) >= 11 is 0. The van der Waals surface area contributed by atoms with Crippen molar-refractivity contribution >= 4 is 23.4 Å². The first kappa shape index (κ1) is 38.3. The number of piperidine rings is 1. The second-order valence-electron chi connectivity index (χ2n) is 14.9. The second kappa shape index (κ2) is 17.1. The minimum atomic E-state index is -0.408. The van der Waals surface area contributed by atoms with Crippen LogP contribution in [-0.4, -0.2) is 64.6 Å². The number of amidine groups is 1. The maximum atomic E-state index is 13.6. The Morgan fingerprint density at radius 2 is 1.77 bits per heavy atom. The number of nitrogens with zero attached hydrogens (tertiary/aromatic N) is 3. The summed E-state index contributed by atoms with van der Waals surface area (Å²) in [6.45, 7) is 12.9. The van der Waals surface area contributed by atoms with Crippen LogP contribution in [0.15, 0.2) is 83.6 Å². The SMILES string of the molecule is CC(C)C(=N)n1cc(O[C@@H]2CC[C@H](NC(=O)NC(/C=C(\N)C(C)(C)C)=Nc3cccc(OCCN4CCC(O)CC4)c3)c3ccccc32)ccc1=N. The third kappa shape index (κ3) is 10.3. The van der Waals surface area contributed by atoms with Crippen molar-refractivity contribution in [2.24, 2.45) is 22.1 Å². The Kier molecular flexibility index (Phi) is 12.6. The number of aromatic nitrogens is 1. The highest BCUT2D eigenvalue weighted by Crippen LogP contribution is 2.38. The van der Waals surface area contributed by atoms with Gasteiger partial charge in [-0.3, -0.25) is 25.6 Å². The number of aliphatic imine (C=N–C) groups is 1. The fourth-order valence-corrected chi connectivity index (χ4v) is 6.20.